The lowest BCUT2D eigenvalue weighted by Crippen LogP contribution is -1.78. The molecule has 0 atom stereocenters. The molecule has 0 bridgehead atoms. The van der Waals surface area contributed by atoms with Crippen molar-refractivity contribution < 1.29 is 8.83 Å². The van der Waals surface area contributed by atoms with Crippen molar-refractivity contribution in [1.82, 2.24) is 0 Å². The predicted octanol–water partition coefficient (Wildman–Crippen LogP) is 5.86. The molecule has 2 nitrogen and oxygen atoms in total. The Labute approximate surface area is 119 Å². The third-order valence-electron chi connectivity index (χ3n) is 3.83. The molecule has 0 amide bonds. The van der Waals surface area contributed by atoms with E-state index in [9.17, 15) is 0 Å². The van der Waals surface area contributed by atoms with Gasteiger partial charge in [0.25, 0.3) is 0 Å². The summed E-state index contributed by atoms with van der Waals surface area (Å²) in [7, 11) is 0. The van der Waals surface area contributed by atoms with Crippen LogP contribution in [0.4, 0.5) is 0 Å². The van der Waals surface area contributed by atoms with Crippen LogP contribution in [-0.4, -0.2) is 0 Å². The molecule has 2 aromatic heterocycles. The normalized spacial score (nSPS) is 11.7. The smallest absolute Gasteiger partial charge is 0.177 e. The first-order valence-corrected chi connectivity index (χ1v) is 7.75. The standard InChI is InChI=1S/C18H22O2/c1-3-5-7-15-11-13-9-10-14-12-16(8-6-4-2)20-18(14)17(13)19-15/h9-12H,3-8H2,1-2H3. The summed E-state index contributed by atoms with van der Waals surface area (Å²) in [5.74, 6) is 2.14. The fourth-order valence-corrected chi connectivity index (χ4v) is 2.65. The molecule has 2 heteroatoms. The summed E-state index contributed by atoms with van der Waals surface area (Å²) >= 11 is 0. The number of fused-ring (bicyclic) bond motifs is 3. The molecule has 0 spiro atoms. The summed E-state index contributed by atoms with van der Waals surface area (Å²) in [6, 6.07) is 8.57. The Kier molecular flexibility index (Phi) is 3.81. The van der Waals surface area contributed by atoms with Crippen molar-refractivity contribution in [3.05, 3.63) is 35.8 Å². The van der Waals surface area contributed by atoms with Crippen molar-refractivity contribution in [2.24, 2.45) is 0 Å². The maximum atomic E-state index is 6.01. The van der Waals surface area contributed by atoms with Gasteiger partial charge in [0.1, 0.15) is 11.5 Å². The van der Waals surface area contributed by atoms with Crippen LogP contribution in [0.2, 0.25) is 0 Å². The van der Waals surface area contributed by atoms with Crippen molar-refractivity contribution in [3.8, 4) is 0 Å². The van der Waals surface area contributed by atoms with E-state index < -0.39 is 0 Å². The van der Waals surface area contributed by atoms with E-state index in [0.29, 0.717) is 0 Å². The van der Waals surface area contributed by atoms with Gasteiger partial charge in [0, 0.05) is 23.6 Å². The summed E-state index contributed by atoms with van der Waals surface area (Å²) in [5.41, 5.74) is 1.83. The number of rotatable bonds is 6. The van der Waals surface area contributed by atoms with Crippen LogP contribution >= 0.6 is 0 Å². The fraction of sp³-hybridized carbons (Fsp3) is 0.444. The zero-order chi connectivity index (χ0) is 13.9. The number of hydrogen-bond donors (Lipinski definition) is 0. The summed E-state index contributed by atoms with van der Waals surface area (Å²) in [6.07, 6.45) is 6.74. The SMILES string of the molecule is CCCCc1cc2ccc3cc(CCCC)oc3c2o1. The van der Waals surface area contributed by atoms with Crippen molar-refractivity contribution in [3.63, 3.8) is 0 Å². The van der Waals surface area contributed by atoms with Crippen LogP contribution in [0.1, 0.15) is 51.1 Å². The highest BCUT2D eigenvalue weighted by atomic mass is 16.4. The molecule has 0 aliphatic heterocycles. The topological polar surface area (TPSA) is 26.3 Å². The van der Waals surface area contributed by atoms with Crippen molar-refractivity contribution in [2.45, 2.75) is 52.4 Å². The predicted molar refractivity (Wildman–Crippen MR) is 83.2 cm³/mol. The summed E-state index contributed by atoms with van der Waals surface area (Å²) in [6.45, 7) is 4.40. The maximum absolute atomic E-state index is 6.01. The van der Waals surface area contributed by atoms with E-state index in [2.05, 4.69) is 38.1 Å². The molecule has 0 aliphatic carbocycles. The largest absolute Gasteiger partial charge is 0.457 e. The molecule has 1 aromatic carbocycles. The Morgan fingerprint density at radius 3 is 1.60 bits per heavy atom. The minimum atomic E-state index is 0.913. The molecule has 0 N–H and O–H groups in total. The molecule has 0 fully saturated rings. The number of aryl methyl sites for hydroxylation is 2. The van der Waals surface area contributed by atoms with Gasteiger partial charge in [-0.2, -0.15) is 0 Å². The molecule has 2 heterocycles. The van der Waals surface area contributed by atoms with Crippen LogP contribution in [0.3, 0.4) is 0 Å². The van der Waals surface area contributed by atoms with E-state index in [1.807, 2.05) is 0 Å². The second kappa shape index (κ2) is 5.74. The molecule has 3 rings (SSSR count). The Morgan fingerprint density at radius 2 is 1.20 bits per heavy atom. The molecular weight excluding hydrogens is 248 g/mol. The van der Waals surface area contributed by atoms with E-state index in [1.165, 1.54) is 25.7 Å². The van der Waals surface area contributed by atoms with Gasteiger partial charge in [-0.25, -0.2) is 0 Å². The second-order valence-electron chi connectivity index (χ2n) is 5.53. The summed E-state index contributed by atoms with van der Waals surface area (Å²) < 4.78 is 12.0. The molecule has 0 unspecified atom stereocenters. The maximum Gasteiger partial charge on any atom is 0.177 e. The first kappa shape index (κ1) is 13.3. The highest BCUT2D eigenvalue weighted by molar-refractivity contribution is 6.01. The number of benzene rings is 1. The molecular formula is C18H22O2. The van der Waals surface area contributed by atoms with Gasteiger partial charge >= 0.3 is 0 Å². The van der Waals surface area contributed by atoms with Crippen LogP contribution in [0.25, 0.3) is 21.9 Å². The van der Waals surface area contributed by atoms with Gasteiger partial charge in [-0.3, -0.25) is 0 Å². The molecule has 0 aliphatic rings. The lowest BCUT2D eigenvalue weighted by molar-refractivity contribution is 0.512. The van der Waals surface area contributed by atoms with Gasteiger partial charge in [-0.15, -0.1) is 0 Å². The van der Waals surface area contributed by atoms with Gasteiger partial charge in [0.15, 0.2) is 11.2 Å². The van der Waals surface area contributed by atoms with Crippen molar-refractivity contribution in [2.75, 3.05) is 0 Å². The highest BCUT2D eigenvalue weighted by Gasteiger charge is 2.12. The Bertz CT molecular complexity index is 641. The van der Waals surface area contributed by atoms with Crippen LogP contribution in [-0.2, 0) is 12.8 Å². The summed E-state index contributed by atoms with van der Waals surface area (Å²) in [4.78, 5) is 0. The summed E-state index contributed by atoms with van der Waals surface area (Å²) in [5, 5.41) is 2.31. The van der Waals surface area contributed by atoms with Crippen LogP contribution in [0.5, 0.6) is 0 Å². The number of hydrogen-bond acceptors (Lipinski definition) is 2. The highest BCUT2D eigenvalue weighted by Crippen LogP contribution is 2.31. The van der Waals surface area contributed by atoms with Gasteiger partial charge in [-0.05, 0) is 25.0 Å². The minimum absolute atomic E-state index is 0.913. The molecule has 20 heavy (non-hydrogen) atoms. The Morgan fingerprint density at radius 1 is 0.750 bits per heavy atom. The molecule has 3 aromatic rings. The molecule has 0 radical (unpaired) electrons. The third kappa shape index (κ3) is 2.47. The first-order valence-electron chi connectivity index (χ1n) is 7.75. The average molecular weight is 270 g/mol. The molecule has 106 valence electrons. The lowest BCUT2D eigenvalue weighted by atomic mass is 10.1. The van der Waals surface area contributed by atoms with Gasteiger partial charge < -0.3 is 8.83 Å². The second-order valence-corrected chi connectivity index (χ2v) is 5.53. The molecule has 0 saturated heterocycles. The first-order chi connectivity index (χ1) is 9.81. The van der Waals surface area contributed by atoms with Gasteiger partial charge in [0.05, 0.1) is 0 Å². The Balaban J connectivity index is 2.00. The van der Waals surface area contributed by atoms with E-state index in [1.54, 1.807) is 0 Å². The van der Waals surface area contributed by atoms with Crippen LogP contribution in [0.15, 0.2) is 33.1 Å². The number of furan rings is 2. The average Bonchev–Trinajstić information content (AvgIpc) is 3.05. The van der Waals surface area contributed by atoms with Gasteiger partial charge in [-0.1, -0.05) is 38.8 Å². The fourth-order valence-electron chi connectivity index (χ4n) is 2.65. The third-order valence-corrected chi connectivity index (χ3v) is 3.83. The van der Waals surface area contributed by atoms with Gasteiger partial charge in [0.2, 0.25) is 0 Å². The van der Waals surface area contributed by atoms with E-state index in [-0.39, 0.29) is 0 Å². The van der Waals surface area contributed by atoms with Crippen LogP contribution in [0, 0.1) is 0 Å². The van der Waals surface area contributed by atoms with Crippen molar-refractivity contribution in [1.29, 1.82) is 0 Å². The van der Waals surface area contributed by atoms with E-state index >= 15 is 0 Å². The van der Waals surface area contributed by atoms with E-state index in [4.69, 9.17) is 8.83 Å². The van der Waals surface area contributed by atoms with E-state index in [0.717, 1.165) is 46.3 Å². The monoisotopic (exact) mass is 270 g/mol. The zero-order valence-electron chi connectivity index (χ0n) is 12.4. The molecule has 0 saturated carbocycles. The quantitative estimate of drug-likeness (QED) is 0.560. The minimum Gasteiger partial charge on any atom is -0.457 e. The Hall–Kier alpha value is -1.70. The zero-order valence-corrected chi connectivity index (χ0v) is 12.4. The van der Waals surface area contributed by atoms with Crippen molar-refractivity contribution >= 4 is 21.9 Å². The number of unbranched alkanes of at least 4 members (excludes halogenated alkanes) is 2. The lowest BCUT2D eigenvalue weighted by Gasteiger charge is -1.93. The van der Waals surface area contributed by atoms with Crippen LogP contribution < -0.4 is 0 Å².